The molecule has 3 nitrogen and oxygen atoms in total. The van der Waals surface area contributed by atoms with E-state index in [1.807, 2.05) is 24.4 Å². The summed E-state index contributed by atoms with van der Waals surface area (Å²) in [5.74, 6) is 1.02. The van der Waals surface area contributed by atoms with Crippen LogP contribution in [0.15, 0.2) is 77.7 Å². The molecule has 1 unspecified atom stereocenters. The van der Waals surface area contributed by atoms with Gasteiger partial charge in [-0.15, -0.1) is 0 Å². The fourth-order valence-electron chi connectivity index (χ4n) is 4.75. The number of halogens is 1. The van der Waals surface area contributed by atoms with Crippen LogP contribution in [0.4, 0.5) is 0 Å². The summed E-state index contributed by atoms with van der Waals surface area (Å²) < 4.78 is 0. The molecule has 1 saturated carbocycles. The first-order valence-corrected chi connectivity index (χ1v) is 10.5. The van der Waals surface area contributed by atoms with Crippen molar-refractivity contribution in [1.82, 2.24) is 10.0 Å². The molecule has 1 fully saturated rings. The average Bonchev–Trinajstić information content (AvgIpc) is 3.10. The second kappa shape index (κ2) is 7.57. The first-order valence-electron chi connectivity index (χ1n) is 10.2. The lowest BCUT2D eigenvalue weighted by Crippen LogP contribution is -2.44. The van der Waals surface area contributed by atoms with Crippen molar-refractivity contribution in [3.05, 3.63) is 88.8 Å². The highest BCUT2D eigenvalue weighted by Crippen LogP contribution is 2.49. The van der Waals surface area contributed by atoms with E-state index in [0.717, 1.165) is 16.4 Å². The Hall–Kier alpha value is -2.36. The molecule has 2 aromatic rings. The van der Waals surface area contributed by atoms with Crippen LogP contribution in [0, 0.1) is 0 Å². The Morgan fingerprint density at radius 2 is 1.75 bits per heavy atom. The van der Waals surface area contributed by atoms with Crippen LogP contribution in [0.1, 0.15) is 49.3 Å². The smallest absolute Gasteiger partial charge is 0.152 e. The zero-order chi connectivity index (χ0) is 18.9. The van der Waals surface area contributed by atoms with Gasteiger partial charge in [0.05, 0.1) is 6.04 Å². The molecule has 0 radical (unpaired) electrons. The van der Waals surface area contributed by atoms with E-state index in [0.29, 0.717) is 6.04 Å². The number of allylic oxidation sites excluding steroid dienone is 1. The maximum atomic E-state index is 6.38. The molecule has 28 heavy (non-hydrogen) atoms. The molecule has 0 spiro atoms. The van der Waals surface area contributed by atoms with Gasteiger partial charge in [0.2, 0.25) is 0 Å². The first kappa shape index (κ1) is 17.7. The monoisotopic (exact) mass is 389 g/mol. The van der Waals surface area contributed by atoms with Gasteiger partial charge in [-0.05, 0) is 42.2 Å². The van der Waals surface area contributed by atoms with E-state index in [-0.39, 0.29) is 6.04 Å². The predicted molar refractivity (Wildman–Crippen MR) is 116 cm³/mol. The third-order valence-electron chi connectivity index (χ3n) is 5.95. The molecule has 0 aromatic heterocycles. The van der Waals surface area contributed by atoms with Gasteiger partial charge in [-0.2, -0.15) is 0 Å². The van der Waals surface area contributed by atoms with Gasteiger partial charge < -0.3 is 0 Å². The molecule has 4 heteroatoms. The average molecular weight is 390 g/mol. The van der Waals surface area contributed by atoms with Gasteiger partial charge in [-0.3, -0.25) is 5.01 Å². The summed E-state index contributed by atoms with van der Waals surface area (Å²) in [6.07, 6.45) is 12.5. The molecule has 1 aliphatic carbocycles. The number of hydrogen-bond donors (Lipinski definition) is 0. The van der Waals surface area contributed by atoms with Gasteiger partial charge in [0.25, 0.3) is 0 Å². The number of rotatable bonds is 3. The Kier molecular flexibility index (Phi) is 4.79. The summed E-state index contributed by atoms with van der Waals surface area (Å²) in [4.78, 5) is 4.81. The van der Waals surface area contributed by atoms with Crippen LogP contribution in [0.2, 0.25) is 5.02 Å². The summed E-state index contributed by atoms with van der Waals surface area (Å²) in [5.41, 5.74) is 3.68. The van der Waals surface area contributed by atoms with Crippen LogP contribution < -0.4 is 0 Å². The van der Waals surface area contributed by atoms with Crippen molar-refractivity contribution in [1.29, 1.82) is 0 Å². The Bertz CT molecular complexity index is 941. The number of aliphatic imine (C=N–C) groups is 1. The lowest BCUT2D eigenvalue weighted by Gasteiger charge is -2.41. The minimum absolute atomic E-state index is 0.137. The van der Waals surface area contributed by atoms with Gasteiger partial charge >= 0.3 is 0 Å². The van der Waals surface area contributed by atoms with E-state index in [4.69, 9.17) is 16.6 Å². The third kappa shape index (κ3) is 3.09. The Labute approximate surface area is 171 Å². The maximum Gasteiger partial charge on any atom is 0.152 e. The fraction of sp³-hybridized carbons (Fsp3) is 0.292. The second-order valence-corrected chi connectivity index (χ2v) is 8.13. The van der Waals surface area contributed by atoms with Gasteiger partial charge in [0.1, 0.15) is 0 Å². The number of benzene rings is 2. The van der Waals surface area contributed by atoms with E-state index in [1.54, 1.807) is 0 Å². The zero-order valence-electron chi connectivity index (χ0n) is 15.8. The van der Waals surface area contributed by atoms with Gasteiger partial charge in [-0.25, -0.2) is 10.0 Å². The van der Waals surface area contributed by atoms with Crippen LogP contribution in [0.25, 0.3) is 5.57 Å². The fourth-order valence-corrected chi connectivity index (χ4v) is 4.94. The first-order chi connectivity index (χ1) is 13.8. The normalized spacial score (nSPS) is 22.8. The number of fused-ring (bicyclic) bond motifs is 1. The molecule has 142 valence electrons. The SMILES string of the molecule is Clc1cccc(C2=C3N=CC=CN3N(C3CCCCC3)C2c2ccccc2)c1. The van der Waals surface area contributed by atoms with Gasteiger partial charge in [0, 0.05) is 29.1 Å². The van der Waals surface area contributed by atoms with E-state index >= 15 is 0 Å². The molecule has 0 bridgehead atoms. The predicted octanol–water partition coefficient (Wildman–Crippen LogP) is 6.21. The summed E-state index contributed by atoms with van der Waals surface area (Å²) in [7, 11) is 0. The zero-order valence-corrected chi connectivity index (χ0v) is 16.6. The Morgan fingerprint density at radius 1 is 0.929 bits per heavy atom. The molecular formula is C24H24ClN3. The van der Waals surface area contributed by atoms with Gasteiger partial charge in [0.15, 0.2) is 5.82 Å². The maximum absolute atomic E-state index is 6.38. The van der Waals surface area contributed by atoms with E-state index < -0.39 is 0 Å². The molecule has 2 aliphatic heterocycles. The van der Waals surface area contributed by atoms with Crippen molar-refractivity contribution in [2.24, 2.45) is 4.99 Å². The summed E-state index contributed by atoms with van der Waals surface area (Å²) in [6.45, 7) is 0. The van der Waals surface area contributed by atoms with Crippen LogP contribution in [-0.4, -0.2) is 22.3 Å². The van der Waals surface area contributed by atoms with E-state index in [1.165, 1.54) is 43.2 Å². The van der Waals surface area contributed by atoms with Crippen molar-refractivity contribution in [3.8, 4) is 0 Å². The molecule has 5 rings (SSSR count). The Morgan fingerprint density at radius 3 is 2.54 bits per heavy atom. The Balaban J connectivity index is 1.69. The van der Waals surface area contributed by atoms with Crippen molar-refractivity contribution in [2.75, 3.05) is 0 Å². The van der Waals surface area contributed by atoms with Crippen molar-refractivity contribution < 1.29 is 0 Å². The molecule has 2 heterocycles. The summed E-state index contributed by atoms with van der Waals surface area (Å²) in [5, 5.41) is 5.60. The highest BCUT2D eigenvalue weighted by atomic mass is 35.5. The summed E-state index contributed by atoms with van der Waals surface area (Å²) >= 11 is 6.38. The lowest BCUT2D eigenvalue weighted by atomic mass is 9.89. The van der Waals surface area contributed by atoms with Crippen LogP contribution >= 0.6 is 11.6 Å². The van der Waals surface area contributed by atoms with E-state index in [2.05, 4.69) is 58.7 Å². The molecule has 2 aromatic carbocycles. The van der Waals surface area contributed by atoms with Gasteiger partial charge in [-0.1, -0.05) is 73.3 Å². The number of hydrazine groups is 1. The third-order valence-corrected chi connectivity index (χ3v) is 6.19. The minimum Gasteiger partial charge on any atom is -0.263 e. The second-order valence-electron chi connectivity index (χ2n) is 7.70. The van der Waals surface area contributed by atoms with Crippen LogP contribution in [0.5, 0.6) is 0 Å². The highest BCUT2D eigenvalue weighted by Gasteiger charge is 2.43. The number of nitrogens with zero attached hydrogens (tertiary/aromatic N) is 3. The number of hydrogen-bond acceptors (Lipinski definition) is 3. The van der Waals surface area contributed by atoms with Crippen molar-refractivity contribution in [3.63, 3.8) is 0 Å². The van der Waals surface area contributed by atoms with Crippen LogP contribution in [0.3, 0.4) is 0 Å². The molecule has 0 amide bonds. The van der Waals surface area contributed by atoms with Crippen LogP contribution in [-0.2, 0) is 0 Å². The van der Waals surface area contributed by atoms with Crippen molar-refractivity contribution >= 4 is 23.4 Å². The molecule has 0 N–H and O–H groups in total. The largest absolute Gasteiger partial charge is 0.263 e. The topological polar surface area (TPSA) is 18.8 Å². The molecular weight excluding hydrogens is 366 g/mol. The quantitative estimate of drug-likeness (QED) is 0.621. The minimum atomic E-state index is 0.137. The standard InChI is InChI=1S/C24H24ClN3/c25-20-12-7-11-19(17-20)22-23(18-9-3-1-4-10-18)28(21-13-5-2-6-14-21)27-16-8-15-26-24(22)27/h1,3-4,7-12,15-17,21,23H,2,5-6,13-14H2. The molecule has 1 atom stereocenters. The molecule has 3 aliphatic rings. The highest BCUT2D eigenvalue weighted by molar-refractivity contribution is 6.30. The lowest BCUT2D eigenvalue weighted by molar-refractivity contribution is -0.0136. The summed E-state index contributed by atoms with van der Waals surface area (Å²) in [6, 6.07) is 19.6. The molecule has 0 saturated heterocycles. The van der Waals surface area contributed by atoms with E-state index in [9.17, 15) is 0 Å². The van der Waals surface area contributed by atoms with Crippen molar-refractivity contribution in [2.45, 2.75) is 44.2 Å².